The van der Waals surface area contributed by atoms with Crippen LogP contribution in [0.4, 0.5) is 0 Å². The van der Waals surface area contributed by atoms with Crippen LogP contribution in [-0.4, -0.2) is 23.0 Å². The molecule has 3 aromatic rings. The van der Waals surface area contributed by atoms with Gasteiger partial charge < -0.3 is 14.6 Å². The Hall–Kier alpha value is -3.44. The molecule has 5 heteroatoms. The molecule has 0 aliphatic carbocycles. The molecule has 0 unspecified atom stereocenters. The third-order valence-electron chi connectivity index (χ3n) is 4.63. The van der Waals surface area contributed by atoms with E-state index in [0.717, 1.165) is 11.1 Å². The predicted molar refractivity (Wildman–Crippen MR) is 103 cm³/mol. The van der Waals surface area contributed by atoms with Crippen LogP contribution >= 0.6 is 0 Å². The first-order valence-corrected chi connectivity index (χ1v) is 8.92. The number of ether oxygens (including phenoxy) is 2. The largest absolute Gasteiger partial charge is 0.488 e. The number of rotatable bonds is 7. The van der Waals surface area contributed by atoms with E-state index in [4.69, 9.17) is 14.6 Å². The normalized spacial score (nSPS) is 17.7. The summed E-state index contributed by atoms with van der Waals surface area (Å²) >= 11 is 0. The van der Waals surface area contributed by atoms with Gasteiger partial charge in [0.25, 0.3) is 0 Å². The number of carbonyl (C=O) groups excluding carboxylic acids is 1. The molecule has 1 aliphatic rings. The molecule has 28 heavy (non-hydrogen) atoms. The zero-order chi connectivity index (χ0) is 19.5. The first-order chi connectivity index (χ1) is 13.6. The fraction of sp³-hybridized carbons (Fsp3) is 0.130. The molecule has 0 aromatic heterocycles. The van der Waals surface area contributed by atoms with E-state index < -0.39 is 12.1 Å². The van der Waals surface area contributed by atoms with Crippen LogP contribution in [0, 0.1) is 0 Å². The lowest BCUT2D eigenvalue weighted by Crippen LogP contribution is -2.11. The van der Waals surface area contributed by atoms with Gasteiger partial charge in [0.05, 0.1) is 11.1 Å². The van der Waals surface area contributed by atoms with Crippen LogP contribution in [-0.2, 0) is 11.3 Å². The molecule has 0 bridgehead atoms. The molecule has 0 spiro atoms. The number of benzene rings is 3. The summed E-state index contributed by atoms with van der Waals surface area (Å²) in [7, 11) is 0. The minimum absolute atomic E-state index is 0.143. The van der Waals surface area contributed by atoms with Gasteiger partial charge in [-0.3, -0.25) is 4.79 Å². The molecule has 3 aromatic carbocycles. The summed E-state index contributed by atoms with van der Waals surface area (Å²) in [6, 6.07) is 23.2. The topological polar surface area (TPSA) is 76.1 Å². The maximum atomic E-state index is 12.9. The van der Waals surface area contributed by atoms with Gasteiger partial charge in [0, 0.05) is 0 Å². The molecule has 0 radical (unpaired) electrons. The maximum absolute atomic E-state index is 12.9. The molecule has 1 N–H and O–H groups in total. The molecule has 1 saturated heterocycles. The summed E-state index contributed by atoms with van der Waals surface area (Å²) in [5, 5.41) is 8.98. The van der Waals surface area contributed by atoms with Crippen molar-refractivity contribution in [2.45, 2.75) is 18.8 Å². The van der Waals surface area contributed by atoms with Gasteiger partial charge in [-0.2, -0.15) is 0 Å². The Morgan fingerprint density at radius 2 is 1.57 bits per heavy atom. The van der Waals surface area contributed by atoms with Crippen LogP contribution in [0.5, 0.6) is 5.75 Å². The molecular formula is C23H18O5. The highest BCUT2D eigenvalue weighted by Crippen LogP contribution is 2.41. The number of para-hydroxylation sites is 1. The minimum Gasteiger partial charge on any atom is -0.488 e. The Balaban J connectivity index is 1.46. The molecule has 4 rings (SSSR count). The van der Waals surface area contributed by atoms with Crippen LogP contribution in [0.15, 0.2) is 78.9 Å². The minimum atomic E-state index is -0.986. The van der Waals surface area contributed by atoms with Crippen molar-refractivity contribution in [1.29, 1.82) is 0 Å². The van der Waals surface area contributed by atoms with Crippen molar-refractivity contribution in [1.82, 2.24) is 0 Å². The lowest BCUT2D eigenvalue weighted by atomic mass is 10.0. The van der Waals surface area contributed by atoms with Gasteiger partial charge in [-0.25, -0.2) is 4.79 Å². The number of carboxylic acid groups (broad SMARTS) is 1. The average Bonchev–Trinajstić information content (AvgIpc) is 3.54. The molecule has 0 amide bonds. The number of ketones is 1. The van der Waals surface area contributed by atoms with E-state index in [0.29, 0.717) is 17.9 Å². The fourth-order valence-electron chi connectivity index (χ4n) is 3.07. The van der Waals surface area contributed by atoms with Crippen molar-refractivity contribution in [3.05, 3.63) is 101 Å². The second-order valence-electron chi connectivity index (χ2n) is 6.54. The van der Waals surface area contributed by atoms with Crippen molar-refractivity contribution in [2.75, 3.05) is 0 Å². The summed E-state index contributed by atoms with van der Waals surface area (Å²) in [4.78, 5) is 23.9. The lowest BCUT2D eigenvalue weighted by Gasteiger charge is -2.10. The number of carboxylic acids is 1. The summed E-state index contributed by atoms with van der Waals surface area (Å²) < 4.78 is 11.4. The van der Waals surface area contributed by atoms with E-state index in [1.54, 1.807) is 30.3 Å². The SMILES string of the molecule is O=C(O)c1ccc([C@H]2O[C@@H]2C(=O)c2ccccc2OCc2ccccc2)cc1. The van der Waals surface area contributed by atoms with E-state index >= 15 is 0 Å². The van der Waals surface area contributed by atoms with Gasteiger partial charge in [0.15, 0.2) is 11.9 Å². The summed E-state index contributed by atoms with van der Waals surface area (Å²) in [5.74, 6) is -0.608. The second kappa shape index (κ2) is 7.66. The zero-order valence-corrected chi connectivity index (χ0v) is 14.9. The van der Waals surface area contributed by atoms with E-state index in [1.165, 1.54) is 12.1 Å². The molecule has 1 heterocycles. The molecule has 140 valence electrons. The number of epoxide rings is 1. The smallest absolute Gasteiger partial charge is 0.335 e. The highest BCUT2D eigenvalue weighted by atomic mass is 16.6. The Morgan fingerprint density at radius 1 is 0.893 bits per heavy atom. The van der Waals surface area contributed by atoms with Crippen LogP contribution in [0.25, 0.3) is 0 Å². The average molecular weight is 374 g/mol. The summed E-state index contributed by atoms with van der Waals surface area (Å²) in [6.07, 6.45) is -0.949. The van der Waals surface area contributed by atoms with Gasteiger partial charge in [-0.1, -0.05) is 54.6 Å². The monoisotopic (exact) mass is 374 g/mol. The molecule has 0 saturated carbocycles. The number of hydrogen-bond donors (Lipinski definition) is 1. The van der Waals surface area contributed by atoms with Gasteiger partial charge >= 0.3 is 5.97 Å². The van der Waals surface area contributed by atoms with Crippen LogP contribution < -0.4 is 4.74 Å². The first-order valence-electron chi connectivity index (χ1n) is 8.92. The molecule has 5 nitrogen and oxygen atoms in total. The Labute approximate surface area is 162 Å². The molecule has 1 fully saturated rings. The van der Waals surface area contributed by atoms with Crippen LogP contribution in [0.3, 0.4) is 0 Å². The van der Waals surface area contributed by atoms with E-state index in [9.17, 15) is 9.59 Å². The van der Waals surface area contributed by atoms with Crippen LogP contribution in [0.2, 0.25) is 0 Å². The first kappa shape index (κ1) is 17.9. The third kappa shape index (κ3) is 3.80. The molecule has 2 atom stereocenters. The van der Waals surface area contributed by atoms with Crippen molar-refractivity contribution in [3.8, 4) is 5.75 Å². The van der Waals surface area contributed by atoms with Gasteiger partial charge in [-0.15, -0.1) is 0 Å². The Kier molecular flexibility index (Phi) is 4.91. The van der Waals surface area contributed by atoms with Gasteiger partial charge in [0.1, 0.15) is 18.5 Å². The molecular weight excluding hydrogens is 356 g/mol. The lowest BCUT2D eigenvalue weighted by molar-refractivity contribution is 0.0696. The van der Waals surface area contributed by atoms with Crippen LogP contribution in [0.1, 0.15) is 37.9 Å². The standard InChI is InChI=1S/C23H18O5/c24-20(22-21(28-22)16-10-12-17(13-11-16)23(25)26)18-8-4-5-9-19(18)27-14-15-6-2-1-3-7-15/h1-13,21-22H,14H2,(H,25,26)/t21-,22-/m1/s1. The predicted octanol–water partition coefficient (Wildman–Crippen LogP) is 4.29. The quantitative estimate of drug-likeness (QED) is 0.493. The van der Waals surface area contributed by atoms with Gasteiger partial charge in [-0.05, 0) is 35.4 Å². The zero-order valence-electron chi connectivity index (χ0n) is 14.9. The van der Waals surface area contributed by atoms with E-state index in [2.05, 4.69) is 0 Å². The highest BCUT2D eigenvalue weighted by molar-refractivity contribution is 6.03. The molecule has 1 aliphatic heterocycles. The van der Waals surface area contributed by atoms with E-state index in [-0.39, 0.29) is 17.5 Å². The van der Waals surface area contributed by atoms with Crippen molar-refractivity contribution < 1.29 is 24.2 Å². The third-order valence-corrected chi connectivity index (χ3v) is 4.63. The van der Waals surface area contributed by atoms with Gasteiger partial charge in [0.2, 0.25) is 0 Å². The Bertz CT molecular complexity index is 995. The summed E-state index contributed by atoms with van der Waals surface area (Å²) in [6.45, 7) is 0.372. The Morgan fingerprint density at radius 3 is 2.29 bits per heavy atom. The number of Topliss-reactive ketones (excluding diaryl/α,β-unsaturated/α-hetero) is 1. The number of aromatic carboxylic acids is 1. The van der Waals surface area contributed by atoms with Crippen molar-refractivity contribution >= 4 is 11.8 Å². The highest BCUT2D eigenvalue weighted by Gasteiger charge is 2.46. The van der Waals surface area contributed by atoms with Crippen molar-refractivity contribution in [2.24, 2.45) is 0 Å². The fourth-order valence-corrected chi connectivity index (χ4v) is 3.07. The number of hydrogen-bond acceptors (Lipinski definition) is 4. The maximum Gasteiger partial charge on any atom is 0.335 e. The number of carbonyl (C=O) groups is 2. The second-order valence-corrected chi connectivity index (χ2v) is 6.54. The van der Waals surface area contributed by atoms with E-state index in [1.807, 2.05) is 36.4 Å². The van der Waals surface area contributed by atoms with Crippen molar-refractivity contribution in [3.63, 3.8) is 0 Å². The summed E-state index contributed by atoms with van der Waals surface area (Å²) in [5.41, 5.74) is 2.48.